The maximum Gasteiger partial charge on any atom is 0.356 e. The maximum atomic E-state index is 12.2. The largest absolute Gasteiger partial charge is 0.461 e. The lowest BCUT2D eigenvalue weighted by molar-refractivity contribution is -0.140. The molecule has 20 heavy (non-hydrogen) atoms. The van der Waals surface area contributed by atoms with Gasteiger partial charge in [0.15, 0.2) is 0 Å². The second-order valence-electron chi connectivity index (χ2n) is 4.66. The average molecular weight is 277 g/mol. The zero-order valence-corrected chi connectivity index (χ0v) is 12.5. The van der Waals surface area contributed by atoms with Crippen LogP contribution < -0.4 is 11.3 Å². The first-order valence-electron chi connectivity index (χ1n) is 6.69. The number of esters is 1. The van der Waals surface area contributed by atoms with Crippen LogP contribution in [0, 0.1) is 0 Å². The van der Waals surface area contributed by atoms with Crippen molar-refractivity contribution in [2.75, 3.05) is 13.7 Å². The monoisotopic (exact) mass is 277 g/mol. The second kappa shape index (κ2) is 7.55. The SMILES string of the molecule is CCOC(=O)/C(=C(/NN)c1ccccc1)N(C)C(C)C. The van der Waals surface area contributed by atoms with Crippen molar-refractivity contribution in [3.8, 4) is 0 Å². The Balaban J connectivity index is 3.36. The molecule has 0 saturated heterocycles. The minimum Gasteiger partial charge on any atom is -0.461 e. The summed E-state index contributed by atoms with van der Waals surface area (Å²) >= 11 is 0. The molecule has 0 atom stereocenters. The highest BCUT2D eigenvalue weighted by Crippen LogP contribution is 2.20. The Morgan fingerprint density at radius 2 is 1.95 bits per heavy atom. The van der Waals surface area contributed by atoms with Crippen LogP contribution in [0.2, 0.25) is 0 Å². The van der Waals surface area contributed by atoms with Gasteiger partial charge in [-0.15, -0.1) is 0 Å². The molecule has 3 N–H and O–H groups in total. The van der Waals surface area contributed by atoms with Gasteiger partial charge < -0.3 is 15.1 Å². The van der Waals surface area contributed by atoms with Crippen molar-refractivity contribution in [1.82, 2.24) is 10.3 Å². The van der Waals surface area contributed by atoms with Gasteiger partial charge in [0.2, 0.25) is 0 Å². The lowest BCUT2D eigenvalue weighted by Crippen LogP contribution is -2.35. The molecule has 1 aromatic carbocycles. The number of carbonyl (C=O) groups is 1. The number of hydrogen-bond acceptors (Lipinski definition) is 5. The number of nitrogens with one attached hydrogen (secondary N) is 1. The normalized spacial score (nSPS) is 11.9. The molecule has 0 saturated carbocycles. The first-order chi connectivity index (χ1) is 9.52. The van der Waals surface area contributed by atoms with Crippen molar-refractivity contribution >= 4 is 11.7 Å². The van der Waals surface area contributed by atoms with Crippen LogP contribution in [0.3, 0.4) is 0 Å². The highest BCUT2D eigenvalue weighted by Gasteiger charge is 2.23. The van der Waals surface area contributed by atoms with Crippen LogP contribution in [0.4, 0.5) is 0 Å². The number of ether oxygens (including phenoxy) is 1. The lowest BCUT2D eigenvalue weighted by atomic mass is 10.1. The molecule has 110 valence electrons. The second-order valence-corrected chi connectivity index (χ2v) is 4.66. The quantitative estimate of drug-likeness (QED) is 0.359. The Morgan fingerprint density at radius 3 is 2.40 bits per heavy atom. The van der Waals surface area contributed by atoms with Gasteiger partial charge in [-0.1, -0.05) is 30.3 Å². The van der Waals surface area contributed by atoms with Crippen LogP contribution in [0.5, 0.6) is 0 Å². The molecule has 0 aliphatic heterocycles. The summed E-state index contributed by atoms with van der Waals surface area (Å²) in [6.45, 7) is 6.10. The zero-order chi connectivity index (χ0) is 15.1. The number of benzene rings is 1. The number of hydrazine groups is 1. The van der Waals surface area contributed by atoms with E-state index in [9.17, 15) is 4.79 Å². The Bertz CT molecular complexity index is 469. The van der Waals surface area contributed by atoms with Crippen molar-refractivity contribution < 1.29 is 9.53 Å². The molecule has 0 aliphatic rings. The van der Waals surface area contributed by atoms with E-state index in [0.29, 0.717) is 18.0 Å². The molecule has 0 aliphatic carbocycles. The Labute approximate surface area is 120 Å². The molecule has 0 spiro atoms. The van der Waals surface area contributed by atoms with E-state index in [1.807, 2.05) is 56.1 Å². The zero-order valence-electron chi connectivity index (χ0n) is 12.5. The number of hydrogen-bond donors (Lipinski definition) is 2. The van der Waals surface area contributed by atoms with Crippen LogP contribution in [-0.2, 0) is 9.53 Å². The number of likely N-dealkylation sites (N-methyl/N-ethyl adjacent to an activating group) is 1. The van der Waals surface area contributed by atoms with E-state index in [0.717, 1.165) is 5.56 Å². The molecular formula is C15H23N3O2. The van der Waals surface area contributed by atoms with Gasteiger partial charge in [0.05, 0.1) is 12.3 Å². The number of carbonyl (C=O) groups excluding carboxylic acids is 1. The topological polar surface area (TPSA) is 67.6 Å². The summed E-state index contributed by atoms with van der Waals surface area (Å²) in [4.78, 5) is 14.1. The van der Waals surface area contributed by atoms with Crippen LogP contribution in [0.1, 0.15) is 26.3 Å². The smallest absolute Gasteiger partial charge is 0.356 e. The van der Waals surface area contributed by atoms with Crippen molar-refractivity contribution in [3.63, 3.8) is 0 Å². The summed E-state index contributed by atoms with van der Waals surface area (Å²) in [7, 11) is 1.84. The third kappa shape index (κ3) is 3.74. The molecule has 5 nitrogen and oxygen atoms in total. The first-order valence-corrected chi connectivity index (χ1v) is 6.69. The van der Waals surface area contributed by atoms with Gasteiger partial charge in [-0.3, -0.25) is 5.84 Å². The minimum absolute atomic E-state index is 0.140. The van der Waals surface area contributed by atoms with Crippen LogP contribution >= 0.6 is 0 Å². The standard InChI is InChI=1S/C15H23N3O2/c1-5-20-15(19)14(18(4)11(2)3)13(17-16)12-9-7-6-8-10-12/h6-11,17H,5,16H2,1-4H3/b14-13-. The number of nitrogens with two attached hydrogens (primary N) is 1. The van der Waals surface area contributed by atoms with Gasteiger partial charge >= 0.3 is 5.97 Å². The number of nitrogens with zero attached hydrogens (tertiary/aromatic N) is 1. The van der Waals surface area contributed by atoms with Crippen molar-refractivity contribution in [3.05, 3.63) is 41.6 Å². The molecule has 1 aromatic rings. The number of rotatable bonds is 6. The molecule has 0 heterocycles. The molecule has 0 fully saturated rings. The summed E-state index contributed by atoms with van der Waals surface area (Å²) in [5.74, 6) is 5.25. The van der Waals surface area contributed by atoms with E-state index >= 15 is 0 Å². The Morgan fingerprint density at radius 1 is 1.35 bits per heavy atom. The third-order valence-electron chi connectivity index (χ3n) is 3.04. The molecule has 1 rings (SSSR count). The molecular weight excluding hydrogens is 254 g/mol. The predicted octanol–water partition coefficient (Wildman–Crippen LogP) is 1.72. The molecule has 0 unspecified atom stereocenters. The van der Waals surface area contributed by atoms with Crippen LogP contribution in [-0.4, -0.2) is 30.6 Å². The summed E-state index contributed by atoms with van der Waals surface area (Å²) in [5.41, 5.74) is 4.45. The highest BCUT2D eigenvalue weighted by atomic mass is 16.5. The summed E-state index contributed by atoms with van der Waals surface area (Å²) < 4.78 is 5.15. The summed E-state index contributed by atoms with van der Waals surface area (Å²) in [6, 6.07) is 9.62. The van der Waals surface area contributed by atoms with Crippen LogP contribution in [0.25, 0.3) is 5.70 Å². The summed E-state index contributed by atoms with van der Waals surface area (Å²) in [6.07, 6.45) is 0. The first kappa shape index (κ1) is 16.0. The van der Waals surface area contributed by atoms with Crippen molar-refractivity contribution in [2.45, 2.75) is 26.8 Å². The predicted molar refractivity (Wildman–Crippen MR) is 80.2 cm³/mol. The maximum absolute atomic E-state index is 12.2. The molecule has 5 heteroatoms. The van der Waals surface area contributed by atoms with Gasteiger partial charge in [0.1, 0.15) is 5.70 Å². The van der Waals surface area contributed by atoms with E-state index in [2.05, 4.69) is 5.43 Å². The minimum atomic E-state index is -0.388. The van der Waals surface area contributed by atoms with Gasteiger partial charge in [0.25, 0.3) is 0 Å². The fourth-order valence-corrected chi connectivity index (χ4v) is 1.77. The highest BCUT2D eigenvalue weighted by molar-refractivity contribution is 5.96. The van der Waals surface area contributed by atoms with E-state index in [4.69, 9.17) is 10.6 Å². The molecule has 0 aromatic heterocycles. The van der Waals surface area contributed by atoms with Gasteiger partial charge in [0, 0.05) is 18.7 Å². The molecule has 0 amide bonds. The van der Waals surface area contributed by atoms with Gasteiger partial charge in [-0.25, -0.2) is 4.79 Å². The van der Waals surface area contributed by atoms with Crippen molar-refractivity contribution in [2.24, 2.45) is 5.84 Å². The van der Waals surface area contributed by atoms with E-state index in [1.165, 1.54) is 0 Å². The van der Waals surface area contributed by atoms with Crippen LogP contribution in [0.15, 0.2) is 36.0 Å². The van der Waals surface area contributed by atoms with E-state index < -0.39 is 0 Å². The van der Waals surface area contributed by atoms with E-state index in [1.54, 1.807) is 6.92 Å². The summed E-state index contributed by atoms with van der Waals surface area (Å²) in [5, 5.41) is 0. The molecule has 0 bridgehead atoms. The van der Waals surface area contributed by atoms with Crippen molar-refractivity contribution in [1.29, 1.82) is 0 Å². The van der Waals surface area contributed by atoms with Gasteiger partial charge in [-0.05, 0) is 20.8 Å². The lowest BCUT2D eigenvalue weighted by Gasteiger charge is -2.27. The van der Waals surface area contributed by atoms with E-state index in [-0.39, 0.29) is 12.0 Å². The Hall–Kier alpha value is -2.01. The fourth-order valence-electron chi connectivity index (χ4n) is 1.77. The average Bonchev–Trinajstić information content (AvgIpc) is 2.44. The third-order valence-corrected chi connectivity index (χ3v) is 3.04. The van der Waals surface area contributed by atoms with Gasteiger partial charge in [-0.2, -0.15) is 0 Å². The fraction of sp³-hybridized carbons (Fsp3) is 0.400. The Kier molecular flexibility index (Phi) is 6.06. The molecule has 0 radical (unpaired) electrons.